The van der Waals surface area contributed by atoms with Crippen molar-refractivity contribution in [1.29, 1.82) is 5.26 Å². The van der Waals surface area contributed by atoms with E-state index in [1.165, 1.54) is 0 Å². The highest BCUT2D eigenvalue weighted by atomic mass is 16.5. The zero-order chi connectivity index (χ0) is 15.1. The van der Waals surface area contributed by atoms with Crippen molar-refractivity contribution in [2.24, 2.45) is 5.84 Å². The van der Waals surface area contributed by atoms with Crippen LogP contribution in [0.25, 0.3) is 0 Å². The third-order valence-corrected chi connectivity index (χ3v) is 2.51. The van der Waals surface area contributed by atoms with Gasteiger partial charge in [0.15, 0.2) is 0 Å². The molecule has 0 saturated heterocycles. The lowest BCUT2D eigenvalue weighted by molar-refractivity contribution is 0.312. The van der Waals surface area contributed by atoms with Gasteiger partial charge in [-0.25, -0.2) is 5.84 Å². The molecular weight excluding hydrogens is 270 g/mol. The van der Waals surface area contributed by atoms with E-state index in [0.717, 1.165) is 11.3 Å². The number of nitriles is 1. The van der Waals surface area contributed by atoms with Gasteiger partial charge < -0.3 is 10.1 Å². The molecule has 0 fully saturated rings. The zero-order valence-corrected chi connectivity index (χ0v) is 11.5. The highest BCUT2D eigenvalue weighted by Gasteiger charge is 2.06. The second kappa shape index (κ2) is 7.02. The molecule has 0 aliphatic rings. The molecule has 8 heteroatoms. The lowest BCUT2D eigenvalue weighted by atomic mass is 10.1. The van der Waals surface area contributed by atoms with Gasteiger partial charge in [-0.15, -0.1) is 0 Å². The van der Waals surface area contributed by atoms with Crippen LogP contribution in [0.2, 0.25) is 0 Å². The summed E-state index contributed by atoms with van der Waals surface area (Å²) in [6.45, 7) is 2.27. The number of ether oxygens (including phenoxy) is 1. The van der Waals surface area contributed by atoms with Crippen LogP contribution in [0.15, 0.2) is 24.3 Å². The van der Waals surface area contributed by atoms with Crippen LogP contribution in [0.1, 0.15) is 12.5 Å². The first-order valence-electron chi connectivity index (χ1n) is 6.33. The molecular formula is C13H15N7O. The zero-order valence-electron chi connectivity index (χ0n) is 11.5. The van der Waals surface area contributed by atoms with Crippen LogP contribution in [0.3, 0.4) is 0 Å². The number of hydrazine groups is 1. The number of nitrogens with two attached hydrogens (primary N) is 1. The highest BCUT2D eigenvalue weighted by molar-refractivity contribution is 5.54. The number of anilines is 3. The molecule has 0 radical (unpaired) electrons. The van der Waals surface area contributed by atoms with Gasteiger partial charge in [0.05, 0.1) is 19.1 Å². The maximum absolute atomic E-state index is 8.64. The van der Waals surface area contributed by atoms with Gasteiger partial charge in [-0.1, -0.05) is 12.1 Å². The Hall–Kier alpha value is -2.92. The molecule has 0 aliphatic heterocycles. The minimum absolute atomic E-state index is 0.184. The predicted molar refractivity (Wildman–Crippen MR) is 77.8 cm³/mol. The normalized spacial score (nSPS) is 9.76. The maximum Gasteiger partial charge on any atom is 0.323 e. The van der Waals surface area contributed by atoms with E-state index < -0.39 is 0 Å². The molecule has 0 saturated carbocycles. The van der Waals surface area contributed by atoms with Crippen molar-refractivity contribution >= 4 is 17.6 Å². The number of aromatic nitrogens is 3. The molecule has 0 unspecified atom stereocenters. The van der Waals surface area contributed by atoms with Gasteiger partial charge in [0, 0.05) is 5.69 Å². The Balaban J connectivity index is 2.18. The third kappa shape index (κ3) is 4.02. The van der Waals surface area contributed by atoms with Crippen LogP contribution < -0.4 is 21.3 Å². The van der Waals surface area contributed by atoms with E-state index in [1.807, 2.05) is 31.2 Å². The number of nitrogen functional groups attached to an aromatic ring is 1. The molecule has 0 spiro atoms. The van der Waals surface area contributed by atoms with E-state index in [9.17, 15) is 0 Å². The van der Waals surface area contributed by atoms with Crippen molar-refractivity contribution in [2.75, 3.05) is 17.3 Å². The van der Waals surface area contributed by atoms with Crippen molar-refractivity contribution in [2.45, 2.75) is 13.3 Å². The second-order valence-electron chi connectivity index (χ2n) is 4.00. The van der Waals surface area contributed by atoms with Crippen LogP contribution in [-0.2, 0) is 6.42 Å². The lowest BCUT2D eigenvalue weighted by Crippen LogP contribution is -2.13. The molecule has 2 aromatic rings. The summed E-state index contributed by atoms with van der Waals surface area (Å²) in [4.78, 5) is 12.2. The Morgan fingerprint density at radius 1 is 1.19 bits per heavy atom. The fourth-order valence-corrected chi connectivity index (χ4v) is 1.60. The molecule has 0 bridgehead atoms. The number of nitrogens with zero attached hydrogens (tertiary/aromatic N) is 4. The summed E-state index contributed by atoms with van der Waals surface area (Å²) in [7, 11) is 0. The molecule has 1 aromatic carbocycles. The smallest absolute Gasteiger partial charge is 0.323 e. The van der Waals surface area contributed by atoms with Crippen molar-refractivity contribution in [1.82, 2.24) is 15.0 Å². The maximum atomic E-state index is 8.64. The molecule has 8 nitrogen and oxygen atoms in total. The number of rotatable bonds is 6. The first-order chi connectivity index (χ1) is 10.2. The molecule has 108 valence electrons. The summed E-state index contributed by atoms with van der Waals surface area (Å²) >= 11 is 0. The van der Waals surface area contributed by atoms with Crippen LogP contribution in [0.4, 0.5) is 17.6 Å². The first kappa shape index (κ1) is 14.5. The molecule has 0 atom stereocenters. The SMILES string of the molecule is CCOc1nc(NN)nc(Nc2ccc(CC#N)cc2)n1. The van der Waals surface area contributed by atoms with E-state index in [2.05, 4.69) is 31.8 Å². The molecule has 21 heavy (non-hydrogen) atoms. The summed E-state index contributed by atoms with van der Waals surface area (Å²) < 4.78 is 5.24. The third-order valence-electron chi connectivity index (χ3n) is 2.51. The minimum atomic E-state index is 0.184. The monoisotopic (exact) mass is 285 g/mol. The van der Waals surface area contributed by atoms with E-state index in [1.54, 1.807) is 0 Å². The van der Waals surface area contributed by atoms with Crippen LogP contribution >= 0.6 is 0 Å². The number of benzene rings is 1. The molecule has 4 N–H and O–H groups in total. The fourth-order valence-electron chi connectivity index (χ4n) is 1.60. The van der Waals surface area contributed by atoms with Gasteiger partial charge in [0.25, 0.3) is 0 Å². The van der Waals surface area contributed by atoms with Crippen molar-refractivity contribution in [3.8, 4) is 12.1 Å². The van der Waals surface area contributed by atoms with E-state index >= 15 is 0 Å². The highest BCUT2D eigenvalue weighted by Crippen LogP contribution is 2.17. The minimum Gasteiger partial charge on any atom is -0.464 e. The molecule has 1 aromatic heterocycles. The standard InChI is InChI=1S/C13H15N7O/c1-2-21-13-18-11(17-12(19-13)20-15)16-10-5-3-9(4-6-10)7-8-14/h3-6H,2,7,15H2,1H3,(H2,16,17,18,19,20). The molecule has 0 aliphatic carbocycles. The lowest BCUT2D eigenvalue weighted by Gasteiger charge is -2.08. The second-order valence-corrected chi connectivity index (χ2v) is 4.00. The molecule has 2 rings (SSSR count). The van der Waals surface area contributed by atoms with E-state index in [0.29, 0.717) is 19.0 Å². The van der Waals surface area contributed by atoms with E-state index in [4.69, 9.17) is 15.8 Å². The Morgan fingerprint density at radius 2 is 1.90 bits per heavy atom. The Kier molecular flexibility index (Phi) is 4.84. The largest absolute Gasteiger partial charge is 0.464 e. The summed E-state index contributed by atoms with van der Waals surface area (Å²) in [5.74, 6) is 5.83. The van der Waals surface area contributed by atoms with Gasteiger partial charge in [-0.2, -0.15) is 20.2 Å². The van der Waals surface area contributed by atoms with Crippen molar-refractivity contribution in [3.63, 3.8) is 0 Å². The van der Waals surface area contributed by atoms with Crippen LogP contribution in [0.5, 0.6) is 6.01 Å². The first-order valence-corrected chi connectivity index (χ1v) is 6.33. The predicted octanol–water partition coefficient (Wildman–Crippen LogP) is 1.37. The molecule has 1 heterocycles. The van der Waals surface area contributed by atoms with Crippen molar-refractivity contribution < 1.29 is 4.74 Å². The Labute approximate surface area is 122 Å². The van der Waals surface area contributed by atoms with Crippen LogP contribution in [0, 0.1) is 11.3 Å². The van der Waals surface area contributed by atoms with Gasteiger partial charge >= 0.3 is 6.01 Å². The summed E-state index contributed by atoms with van der Waals surface area (Å²) in [5.41, 5.74) is 4.09. The Bertz CT molecular complexity index is 636. The van der Waals surface area contributed by atoms with Gasteiger partial charge in [-0.3, -0.25) is 5.43 Å². The van der Waals surface area contributed by atoms with Crippen LogP contribution in [-0.4, -0.2) is 21.6 Å². The van der Waals surface area contributed by atoms with Gasteiger partial charge in [0.2, 0.25) is 11.9 Å². The average molecular weight is 285 g/mol. The average Bonchev–Trinajstić information content (AvgIpc) is 2.49. The topological polar surface area (TPSA) is 122 Å². The van der Waals surface area contributed by atoms with E-state index in [-0.39, 0.29) is 12.0 Å². The quantitative estimate of drug-likeness (QED) is 0.537. The van der Waals surface area contributed by atoms with Gasteiger partial charge in [-0.05, 0) is 24.6 Å². The number of hydrogen-bond donors (Lipinski definition) is 3. The summed E-state index contributed by atoms with van der Waals surface area (Å²) in [6, 6.07) is 9.68. The Morgan fingerprint density at radius 3 is 2.52 bits per heavy atom. The van der Waals surface area contributed by atoms with Crippen molar-refractivity contribution in [3.05, 3.63) is 29.8 Å². The molecule has 0 amide bonds. The summed E-state index contributed by atoms with van der Waals surface area (Å²) in [6.07, 6.45) is 0.377. The number of nitrogens with one attached hydrogen (secondary N) is 2. The summed E-state index contributed by atoms with van der Waals surface area (Å²) in [5, 5.41) is 11.7. The number of hydrogen-bond acceptors (Lipinski definition) is 8. The van der Waals surface area contributed by atoms with Gasteiger partial charge in [0.1, 0.15) is 0 Å². The fraction of sp³-hybridized carbons (Fsp3) is 0.231.